The molecule has 0 unspecified atom stereocenters. The largest absolute Gasteiger partial charge is 0.326 e. The van der Waals surface area contributed by atoms with E-state index in [0.29, 0.717) is 30.6 Å². The molecule has 0 saturated carbocycles. The summed E-state index contributed by atoms with van der Waals surface area (Å²) in [5, 5.41) is 5.93. The van der Waals surface area contributed by atoms with Crippen LogP contribution in [0.15, 0.2) is 29.2 Å². The second-order valence-corrected chi connectivity index (χ2v) is 7.64. The first-order valence-electron chi connectivity index (χ1n) is 7.05. The number of carbonyl (C=O) groups excluding carboxylic acids is 1. The van der Waals surface area contributed by atoms with Crippen LogP contribution < -0.4 is 10.6 Å². The van der Waals surface area contributed by atoms with E-state index >= 15 is 0 Å². The van der Waals surface area contributed by atoms with Crippen LogP contribution in [0.5, 0.6) is 0 Å². The number of nitrogens with one attached hydrogen (secondary N) is 2. The van der Waals surface area contributed by atoms with Crippen molar-refractivity contribution in [3.8, 4) is 0 Å². The molecule has 0 bridgehead atoms. The molecule has 1 amide bonds. The van der Waals surface area contributed by atoms with Crippen LogP contribution in [0.2, 0.25) is 0 Å². The van der Waals surface area contributed by atoms with Crippen LogP contribution in [0.1, 0.15) is 6.92 Å². The van der Waals surface area contributed by atoms with E-state index in [1.54, 1.807) is 28.6 Å². The van der Waals surface area contributed by atoms with E-state index in [-0.39, 0.29) is 10.8 Å². The fraction of sp³-hybridized carbons (Fsp3) is 0.500. The smallest absolute Gasteiger partial charge is 0.243 e. The molecule has 2 aliphatic rings. The lowest BCUT2D eigenvalue weighted by Gasteiger charge is -2.17. The van der Waals surface area contributed by atoms with Crippen LogP contribution in [0.4, 0.5) is 5.69 Å². The SMILES string of the molecule is CC(=O)Nc1ccc(S(=O)(=O)N2C[C@H]3CNC[C@H]3C2)cc1. The maximum Gasteiger partial charge on any atom is 0.243 e. The highest BCUT2D eigenvalue weighted by Crippen LogP contribution is 2.31. The normalized spacial score (nSPS) is 25.8. The van der Waals surface area contributed by atoms with Gasteiger partial charge in [-0.25, -0.2) is 8.42 Å². The summed E-state index contributed by atoms with van der Waals surface area (Å²) >= 11 is 0. The minimum absolute atomic E-state index is 0.175. The third kappa shape index (κ3) is 2.81. The van der Waals surface area contributed by atoms with Crippen molar-refractivity contribution >= 4 is 21.6 Å². The van der Waals surface area contributed by atoms with E-state index in [1.165, 1.54) is 6.92 Å². The first-order valence-corrected chi connectivity index (χ1v) is 8.49. The number of hydrogen-bond acceptors (Lipinski definition) is 4. The Kier molecular flexibility index (Phi) is 3.73. The highest BCUT2D eigenvalue weighted by molar-refractivity contribution is 7.89. The van der Waals surface area contributed by atoms with Crippen molar-refractivity contribution in [2.24, 2.45) is 11.8 Å². The molecule has 2 heterocycles. The van der Waals surface area contributed by atoms with Gasteiger partial charge in [0.1, 0.15) is 0 Å². The first kappa shape index (κ1) is 14.5. The van der Waals surface area contributed by atoms with Gasteiger partial charge in [0.15, 0.2) is 0 Å². The summed E-state index contributed by atoms with van der Waals surface area (Å²) in [6.07, 6.45) is 0. The van der Waals surface area contributed by atoms with Crippen LogP contribution >= 0.6 is 0 Å². The average Bonchev–Trinajstić information content (AvgIpc) is 2.99. The van der Waals surface area contributed by atoms with Gasteiger partial charge in [0.25, 0.3) is 0 Å². The highest BCUT2D eigenvalue weighted by Gasteiger charge is 2.41. The molecule has 0 radical (unpaired) electrons. The molecule has 2 atom stereocenters. The maximum absolute atomic E-state index is 12.6. The summed E-state index contributed by atoms with van der Waals surface area (Å²) in [6, 6.07) is 6.33. The quantitative estimate of drug-likeness (QED) is 0.851. The third-order valence-electron chi connectivity index (χ3n) is 4.17. The van der Waals surface area contributed by atoms with Gasteiger partial charge in [0.05, 0.1) is 4.90 Å². The molecular weight excluding hydrogens is 290 g/mol. The summed E-state index contributed by atoms with van der Waals surface area (Å²) in [5.41, 5.74) is 0.601. The van der Waals surface area contributed by atoms with Crippen LogP contribution in [0, 0.1) is 11.8 Å². The number of amides is 1. The van der Waals surface area contributed by atoms with Crippen LogP contribution in [-0.4, -0.2) is 44.8 Å². The van der Waals surface area contributed by atoms with Crippen LogP contribution in [-0.2, 0) is 14.8 Å². The molecule has 114 valence electrons. The van der Waals surface area contributed by atoms with Crippen LogP contribution in [0.25, 0.3) is 0 Å². The summed E-state index contributed by atoms with van der Waals surface area (Å²) < 4.78 is 26.8. The Bertz CT molecular complexity index is 630. The fourth-order valence-corrected chi connectivity index (χ4v) is 4.62. The standard InChI is InChI=1S/C14H19N3O3S/c1-10(18)16-13-2-4-14(5-3-13)21(19,20)17-8-11-6-15-7-12(11)9-17/h2-5,11-12,15H,6-9H2,1H3,(H,16,18)/t11-,12+. The van der Waals surface area contributed by atoms with Crippen molar-refractivity contribution < 1.29 is 13.2 Å². The van der Waals surface area contributed by atoms with E-state index in [9.17, 15) is 13.2 Å². The zero-order chi connectivity index (χ0) is 15.0. The Balaban J connectivity index is 1.77. The second kappa shape index (κ2) is 5.40. The Labute approximate surface area is 124 Å². The van der Waals surface area contributed by atoms with Gasteiger partial charge in [0, 0.05) is 25.7 Å². The molecule has 0 spiro atoms. The Morgan fingerprint density at radius 2 is 1.76 bits per heavy atom. The molecule has 2 N–H and O–H groups in total. The van der Waals surface area contributed by atoms with Crippen LogP contribution in [0.3, 0.4) is 0 Å². The molecule has 6 nitrogen and oxygen atoms in total. The zero-order valence-electron chi connectivity index (χ0n) is 11.9. The van der Waals surface area contributed by atoms with E-state index < -0.39 is 10.0 Å². The van der Waals surface area contributed by atoms with Gasteiger partial charge in [-0.15, -0.1) is 0 Å². The molecule has 7 heteroatoms. The molecule has 1 aromatic carbocycles. The minimum atomic E-state index is -3.43. The predicted molar refractivity (Wildman–Crippen MR) is 79.4 cm³/mol. The average molecular weight is 309 g/mol. The van der Waals surface area contributed by atoms with Gasteiger partial charge < -0.3 is 10.6 Å². The summed E-state index contributed by atoms with van der Waals surface area (Å²) in [5.74, 6) is 0.683. The molecule has 2 fully saturated rings. The number of hydrogen-bond donors (Lipinski definition) is 2. The number of carbonyl (C=O) groups is 1. The molecule has 21 heavy (non-hydrogen) atoms. The van der Waals surface area contributed by atoms with Gasteiger partial charge in [-0.05, 0) is 49.2 Å². The highest BCUT2D eigenvalue weighted by atomic mass is 32.2. The third-order valence-corrected chi connectivity index (χ3v) is 6.01. The number of sulfonamides is 1. The minimum Gasteiger partial charge on any atom is -0.326 e. The Morgan fingerprint density at radius 1 is 1.19 bits per heavy atom. The molecule has 3 rings (SSSR count). The van der Waals surface area contributed by atoms with E-state index in [1.807, 2.05) is 0 Å². The zero-order valence-corrected chi connectivity index (χ0v) is 12.7. The Hall–Kier alpha value is -1.44. The monoisotopic (exact) mass is 309 g/mol. The number of benzene rings is 1. The topological polar surface area (TPSA) is 78.5 Å². The van der Waals surface area contributed by atoms with Gasteiger partial charge in [-0.3, -0.25) is 4.79 Å². The lowest BCUT2D eigenvalue weighted by atomic mass is 10.0. The number of anilines is 1. The summed E-state index contributed by atoms with van der Waals surface area (Å²) in [7, 11) is -3.43. The fourth-order valence-electron chi connectivity index (χ4n) is 3.07. The maximum atomic E-state index is 12.6. The molecule has 1 aromatic rings. The number of rotatable bonds is 3. The summed E-state index contributed by atoms with van der Waals surface area (Å²) in [6.45, 7) is 4.40. The molecule has 2 saturated heterocycles. The molecule has 2 aliphatic heterocycles. The second-order valence-electron chi connectivity index (χ2n) is 5.71. The van der Waals surface area contributed by atoms with Crippen molar-refractivity contribution in [1.29, 1.82) is 0 Å². The van der Waals surface area contributed by atoms with Gasteiger partial charge in [-0.2, -0.15) is 4.31 Å². The van der Waals surface area contributed by atoms with E-state index in [2.05, 4.69) is 10.6 Å². The van der Waals surface area contributed by atoms with E-state index in [4.69, 9.17) is 0 Å². The predicted octanol–water partition coefficient (Wildman–Crippen LogP) is 0.485. The first-order chi connectivity index (χ1) is 9.96. The Morgan fingerprint density at radius 3 is 2.29 bits per heavy atom. The molecule has 0 aliphatic carbocycles. The van der Waals surface area contributed by atoms with Gasteiger partial charge >= 0.3 is 0 Å². The van der Waals surface area contributed by atoms with Gasteiger partial charge in [0.2, 0.25) is 15.9 Å². The van der Waals surface area contributed by atoms with E-state index in [0.717, 1.165) is 13.1 Å². The van der Waals surface area contributed by atoms with Crippen molar-refractivity contribution in [3.63, 3.8) is 0 Å². The lowest BCUT2D eigenvalue weighted by Crippen LogP contribution is -2.31. The molecular formula is C14H19N3O3S. The molecule has 0 aromatic heterocycles. The van der Waals surface area contributed by atoms with Crippen molar-refractivity contribution in [3.05, 3.63) is 24.3 Å². The van der Waals surface area contributed by atoms with Crippen molar-refractivity contribution in [2.75, 3.05) is 31.5 Å². The number of fused-ring (bicyclic) bond motifs is 1. The van der Waals surface area contributed by atoms with Crippen molar-refractivity contribution in [1.82, 2.24) is 9.62 Å². The van der Waals surface area contributed by atoms with Crippen molar-refractivity contribution in [2.45, 2.75) is 11.8 Å². The number of nitrogens with zero attached hydrogens (tertiary/aromatic N) is 1. The van der Waals surface area contributed by atoms with Gasteiger partial charge in [-0.1, -0.05) is 0 Å². The summed E-state index contributed by atoms with van der Waals surface area (Å²) in [4.78, 5) is 11.3. The lowest BCUT2D eigenvalue weighted by molar-refractivity contribution is -0.114.